The molecule has 0 aromatic heterocycles. The molecule has 0 aliphatic carbocycles. The molecule has 5 heteroatoms. The van der Waals surface area contributed by atoms with Crippen molar-refractivity contribution in [2.75, 3.05) is 13.2 Å². The number of allylic oxidation sites excluding steroid dienone is 30. The lowest BCUT2D eigenvalue weighted by atomic mass is 10.0. The van der Waals surface area contributed by atoms with Crippen molar-refractivity contribution in [3.8, 4) is 0 Å². The Labute approximate surface area is 518 Å². The molecule has 0 aromatic rings. The third-order valence-corrected chi connectivity index (χ3v) is 14.2. The maximum atomic E-state index is 12.4. The summed E-state index contributed by atoms with van der Waals surface area (Å²) in [7, 11) is 0. The van der Waals surface area contributed by atoms with Crippen molar-refractivity contribution in [2.45, 2.75) is 290 Å². The second-order valence-corrected chi connectivity index (χ2v) is 22.1. The van der Waals surface area contributed by atoms with Crippen molar-refractivity contribution < 1.29 is 24.2 Å². The summed E-state index contributed by atoms with van der Waals surface area (Å²) in [6.45, 7) is 3.90. The van der Waals surface area contributed by atoms with Gasteiger partial charge in [0.25, 0.3) is 0 Å². The summed E-state index contributed by atoms with van der Waals surface area (Å²) in [6, 6.07) is 0. The van der Waals surface area contributed by atoms with E-state index in [4.69, 9.17) is 9.47 Å². The number of carbonyl (C=O) groups is 2. The first-order chi connectivity index (χ1) is 41.6. The average molecular weight is 1160 g/mol. The lowest BCUT2D eigenvalue weighted by Crippen LogP contribution is -2.28. The summed E-state index contributed by atoms with van der Waals surface area (Å²) in [6.07, 6.45) is 113. The number of rotatable bonds is 61. The second kappa shape index (κ2) is 72.3. The second-order valence-electron chi connectivity index (χ2n) is 22.1. The van der Waals surface area contributed by atoms with Crippen LogP contribution in [0.25, 0.3) is 0 Å². The molecule has 1 unspecified atom stereocenters. The van der Waals surface area contributed by atoms with Crippen LogP contribution in [0.15, 0.2) is 182 Å². The zero-order valence-corrected chi connectivity index (χ0v) is 54.1. The fourth-order valence-corrected chi connectivity index (χ4v) is 9.14. The van der Waals surface area contributed by atoms with E-state index in [2.05, 4.69) is 196 Å². The smallest absolute Gasteiger partial charge is 0.306 e. The third-order valence-electron chi connectivity index (χ3n) is 14.2. The molecule has 0 fully saturated rings. The molecule has 84 heavy (non-hydrogen) atoms. The van der Waals surface area contributed by atoms with Crippen molar-refractivity contribution in [1.82, 2.24) is 0 Å². The lowest BCUT2D eigenvalue weighted by Gasteiger charge is -2.15. The molecular weight excluding hydrogens is 1030 g/mol. The van der Waals surface area contributed by atoms with Gasteiger partial charge in [-0.3, -0.25) is 9.59 Å². The van der Waals surface area contributed by atoms with Gasteiger partial charge in [-0.15, -0.1) is 0 Å². The van der Waals surface area contributed by atoms with Gasteiger partial charge in [0.2, 0.25) is 0 Å². The molecule has 5 nitrogen and oxygen atoms in total. The maximum absolute atomic E-state index is 12.4. The fraction of sp³-hybridized carbons (Fsp3) is 0.595. The Hall–Kier alpha value is -5.00. The Bertz CT molecular complexity index is 1890. The Morgan fingerprint density at radius 1 is 0.274 bits per heavy atom. The molecule has 1 atom stereocenters. The number of hydrogen-bond acceptors (Lipinski definition) is 5. The minimum Gasteiger partial charge on any atom is -0.462 e. The van der Waals surface area contributed by atoms with Crippen LogP contribution in [0.1, 0.15) is 284 Å². The Morgan fingerprint density at radius 2 is 0.476 bits per heavy atom. The minimum absolute atomic E-state index is 0.0829. The summed E-state index contributed by atoms with van der Waals surface area (Å²) in [5.41, 5.74) is 0. The first kappa shape index (κ1) is 79.0. The van der Waals surface area contributed by atoms with Gasteiger partial charge in [-0.1, -0.05) is 318 Å². The zero-order chi connectivity index (χ0) is 60.5. The first-order valence-electron chi connectivity index (χ1n) is 34.3. The molecule has 0 aromatic carbocycles. The van der Waals surface area contributed by atoms with Crippen LogP contribution in [0.3, 0.4) is 0 Å². The number of aliphatic hydroxyl groups excluding tert-OH is 1. The summed E-state index contributed by atoms with van der Waals surface area (Å²) in [5.74, 6) is -0.617. The summed E-state index contributed by atoms with van der Waals surface area (Å²) in [4.78, 5) is 24.6. The van der Waals surface area contributed by atoms with Crippen LogP contribution in [0, 0.1) is 0 Å². The standard InChI is InChI=1S/C79H126O5/c1-3-5-7-9-11-13-15-17-19-21-23-25-27-29-31-33-35-37-38-39-40-42-43-45-47-49-51-53-55-57-59-61-63-65-67-69-71-73-78(81)83-76-77(75-80)84-79(82)74-72-70-68-66-64-62-60-58-56-54-52-50-48-46-44-41-36-34-32-30-28-26-24-22-20-18-16-14-12-10-8-6-4-2/h5-8,11-14,17-20,23-26,29-32,35-37,41,46,48,52,54,58,60,77,80H,3-4,9-10,15-16,21-22,27-28,33-34,38-40,42-45,47,49-51,53,55-57,59,61-76H2,1-2H3/b7-5-,8-6-,13-11-,14-12-,19-17-,20-18-,25-23-,26-24-,31-29-,32-30-,37-35-,41-36-,48-46-,54-52-,60-58-. The van der Waals surface area contributed by atoms with Crippen molar-refractivity contribution in [3.05, 3.63) is 182 Å². The quantitative estimate of drug-likeness (QED) is 0.0373. The first-order valence-corrected chi connectivity index (χ1v) is 34.3. The van der Waals surface area contributed by atoms with Crippen molar-refractivity contribution >= 4 is 11.9 Å². The molecule has 1 N–H and O–H groups in total. The van der Waals surface area contributed by atoms with E-state index < -0.39 is 6.10 Å². The van der Waals surface area contributed by atoms with Crippen LogP contribution in [0.2, 0.25) is 0 Å². The molecule has 0 aliphatic heterocycles. The van der Waals surface area contributed by atoms with Gasteiger partial charge in [-0.2, -0.15) is 0 Å². The number of carbonyl (C=O) groups excluding carboxylic acids is 2. The van der Waals surface area contributed by atoms with E-state index in [1.807, 2.05) is 0 Å². The van der Waals surface area contributed by atoms with Gasteiger partial charge in [0.1, 0.15) is 6.61 Å². The van der Waals surface area contributed by atoms with E-state index in [1.54, 1.807) is 0 Å². The molecular formula is C79H126O5. The number of unbranched alkanes of at least 4 members (excludes halogenated alkanes) is 23. The Morgan fingerprint density at radius 3 is 0.714 bits per heavy atom. The molecule has 472 valence electrons. The van der Waals surface area contributed by atoms with Gasteiger partial charge in [0, 0.05) is 12.8 Å². The molecule has 0 rings (SSSR count). The van der Waals surface area contributed by atoms with Crippen LogP contribution >= 0.6 is 0 Å². The van der Waals surface area contributed by atoms with E-state index in [-0.39, 0.29) is 25.2 Å². The topological polar surface area (TPSA) is 72.8 Å². The third kappa shape index (κ3) is 69.5. The highest BCUT2D eigenvalue weighted by Gasteiger charge is 2.16. The lowest BCUT2D eigenvalue weighted by molar-refractivity contribution is -0.161. The summed E-state index contributed by atoms with van der Waals surface area (Å²) in [5, 5.41) is 9.70. The minimum atomic E-state index is -0.796. The molecule has 0 amide bonds. The van der Waals surface area contributed by atoms with E-state index in [1.165, 1.54) is 103 Å². The van der Waals surface area contributed by atoms with E-state index in [0.29, 0.717) is 12.8 Å². The van der Waals surface area contributed by atoms with Gasteiger partial charge in [-0.05, 0) is 135 Å². The molecule has 0 aliphatic rings. The summed E-state index contributed by atoms with van der Waals surface area (Å²) < 4.78 is 10.7. The predicted molar refractivity (Wildman–Crippen MR) is 370 cm³/mol. The van der Waals surface area contributed by atoms with E-state index in [9.17, 15) is 14.7 Å². The van der Waals surface area contributed by atoms with Gasteiger partial charge in [0.05, 0.1) is 6.61 Å². The number of aliphatic hydroxyl groups is 1. The predicted octanol–water partition coefficient (Wildman–Crippen LogP) is 24.2. The molecule has 0 heterocycles. The fourth-order valence-electron chi connectivity index (χ4n) is 9.14. The largest absolute Gasteiger partial charge is 0.462 e. The monoisotopic (exact) mass is 1150 g/mol. The van der Waals surface area contributed by atoms with Crippen molar-refractivity contribution in [2.24, 2.45) is 0 Å². The SMILES string of the molecule is CC/C=C\C/C=C\C/C=C\C/C=C\C/C=C\C/C=C\C/C=C\C/C=C\C/C=C\CCCCCCCC(=O)OC(CO)COC(=O)CCCCCCCCCCCCCCCCCCCC/C=C\C/C=C\C/C=C\C/C=C\C/C=C\C/C=C\CC. The molecule has 0 saturated carbocycles. The average Bonchev–Trinajstić information content (AvgIpc) is 3.51. The van der Waals surface area contributed by atoms with Gasteiger partial charge < -0.3 is 14.6 Å². The van der Waals surface area contributed by atoms with Crippen LogP contribution in [-0.4, -0.2) is 36.4 Å². The van der Waals surface area contributed by atoms with Gasteiger partial charge in [-0.25, -0.2) is 0 Å². The van der Waals surface area contributed by atoms with Crippen LogP contribution in [-0.2, 0) is 19.1 Å². The Kier molecular flexibility index (Phi) is 68.0. The van der Waals surface area contributed by atoms with E-state index >= 15 is 0 Å². The maximum Gasteiger partial charge on any atom is 0.306 e. The zero-order valence-electron chi connectivity index (χ0n) is 54.1. The number of ether oxygens (including phenoxy) is 2. The normalized spacial score (nSPS) is 13.4. The van der Waals surface area contributed by atoms with Gasteiger partial charge >= 0.3 is 11.9 Å². The molecule has 0 spiro atoms. The Balaban J connectivity index is 3.56. The van der Waals surface area contributed by atoms with Gasteiger partial charge in [0.15, 0.2) is 6.10 Å². The highest BCUT2D eigenvalue weighted by atomic mass is 16.6. The van der Waals surface area contributed by atoms with Crippen molar-refractivity contribution in [1.29, 1.82) is 0 Å². The van der Waals surface area contributed by atoms with Crippen molar-refractivity contribution in [3.63, 3.8) is 0 Å². The molecule has 0 radical (unpaired) electrons. The molecule has 0 bridgehead atoms. The highest BCUT2D eigenvalue weighted by molar-refractivity contribution is 5.70. The van der Waals surface area contributed by atoms with Crippen LogP contribution < -0.4 is 0 Å². The highest BCUT2D eigenvalue weighted by Crippen LogP contribution is 2.16. The van der Waals surface area contributed by atoms with Crippen LogP contribution in [0.4, 0.5) is 0 Å². The van der Waals surface area contributed by atoms with Crippen LogP contribution in [0.5, 0.6) is 0 Å². The van der Waals surface area contributed by atoms with E-state index in [0.717, 1.165) is 154 Å². The number of esters is 2. The molecule has 0 saturated heterocycles. The number of hydrogen-bond donors (Lipinski definition) is 1. The summed E-state index contributed by atoms with van der Waals surface area (Å²) >= 11 is 0.